The summed E-state index contributed by atoms with van der Waals surface area (Å²) in [6.07, 6.45) is 6.95. The third-order valence-electron chi connectivity index (χ3n) is 7.53. The lowest BCUT2D eigenvalue weighted by Crippen LogP contribution is -2.28. The van der Waals surface area contributed by atoms with Gasteiger partial charge in [-0.25, -0.2) is 4.98 Å². The van der Waals surface area contributed by atoms with Crippen LogP contribution in [0.3, 0.4) is 0 Å². The maximum Gasteiger partial charge on any atom is 0.113 e. The Morgan fingerprint density at radius 3 is 1.85 bits per heavy atom. The van der Waals surface area contributed by atoms with Gasteiger partial charge in [-0.1, -0.05) is 53.5 Å². The molecule has 0 aliphatic heterocycles. The van der Waals surface area contributed by atoms with Gasteiger partial charge >= 0.3 is 0 Å². The van der Waals surface area contributed by atoms with Crippen LogP contribution in [-0.4, -0.2) is 15.6 Å². The van der Waals surface area contributed by atoms with Gasteiger partial charge in [0.15, 0.2) is 0 Å². The fourth-order valence-corrected chi connectivity index (χ4v) is 5.82. The van der Waals surface area contributed by atoms with Crippen molar-refractivity contribution in [1.82, 2.24) is 9.55 Å². The number of hydrogen-bond acceptors (Lipinski definition) is 2. The molecule has 4 aromatic rings. The molecule has 5 heteroatoms. The number of nitrogens with zero attached hydrogens (tertiary/aromatic N) is 2. The van der Waals surface area contributed by atoms with Crippen LogP contribution in [0.5, 0.6) is 0 Å². The summed E-state index contributed by atoms with van der Waals surface area (Å²) >= 11 is 12.4. The van der Waals surface area contributed by atoms with Crippen LogP contribution < -0.4 is 5.73 Å². The second-order valence-electron chi connectivity index (χ2n) is 9.97. The Bertz CT molecular complexity index is 1250. The van der Waals surface area contributed by atoms with E-state index in [2.05, 4.69) is 47.0 Å². The number of hydrogen-bond donors (Lipinski definition) is 1. The highest BCUT2D eigenvalue weighted by Gasteiger charge is 2.33. The quantitative estimate of drug-likeness (QED) is 0.290. The standard InChI is InChI=1S/C29H29Cl2N3/c30-22-8-3-18(4-9-22)28(19-5-10-23(31)11-6-19)21-7-16-26-27(17-21)34(29(33-26)20-1-2-20)25-14-12-24(32)13-15-25/h3-11,16-17,20,24-25,28H,1-2,12-15,32H2/t24-,25-. The van der Waals surface area contributed by atoms with Crippen molar-refractivity contribution in [3.63, 3.8) is 0 Å². The zero-order valence-electron chi connectivity index (χ0n) is 19.1. The second kappa shape index (κ2) is 9.03. The van der Waals surface area contributed by atoms with E-state index in [0.717, 1.165) is 41.2 Å². The van der Waals surface area contributed by atoms with E-state index in [9.17, 15) is 0 Å². The third-order valence-corrected chi connectivity index (χ3v) is 8.03. The molecule has 3 aromatic carbocycles. The molecule has 1 heterocycles. The van der Waals surface area contributed by atoms with Gasteiger partial charge in [0.1, 0.15) is 5.82 Å². The highest BCUT2D eigenvalue weighted by atomic mass is 35.5. The fraction of sp³-hybridized carbons (Fsp3) is 0.345. The number of benzene rings is 3. The van der Waals surface area contributed by atoms with E-state index < -0.39 is 0 Å². The van der Waals surface area contributed by atoms with Gasteiger partial charge in [0, 0.05) is 34.0 Å². The number of fused-ring (bicyclic) bond motifs is 1. The van der Waals surface area contributed by atoms with Crippen LogP contribution in [0.2, 0.25) is 10.0 Å². The topological polar surface area (TPSA) is 43.8 Å². The SMILES string of the molecule is N[C@H]1CC[C@H](n2c(C3CC3)nc3ccc(C(c4ccc(Cl)cc4)c4ccc(Cl)cc4)cc32)CC1. The first-order chi connectivity index (χ1) is 16.6. The van der Waals surface area contributed by atoms with E-state index in [1.165, 1.54) is 40.9 Å². The molecule has 0 unspecified atom stereocenters. The van der Waals surface area contributed by atoms with Crippen molar-refractivity contribution in [2.75, 3.05) is 0 Å². The lowest BCUT2D eigenvalue weighted by Gasteiger charge is -2.29. The van der Waals surface area contributed by atoms with Crippen molar-refractivity contribution in [2.45, 2.75) is 62.4 Å². The van der Waals surface area contributed by atoms with Crippen molar-refractivity contribution in [3.05, 3.63) is 99.3 Å². The molecule has 2 aliphatic rings. The Labute approximate surface area is 210 Å². The summed E-state index contributed by atoms with van der Waals surface area (Å²) in [4.78, 5) is 5.13. The summed E-state index contributed by atoms with van der Waals surface area (Å²) in [5.74, 6) is 1.98. The molecule has 0 saturated heterocycles. The predicted octanol–water partition coefficient (Wildman–Crippen LogP) is 7.84. The van der Waals surface area contributed by atoms with Crippen LogP contribution in [0, 0.1) is 0 Å². The number of nitrogens with two attached hydrogens (primary N) is 1. The monoisotopic (exact) mass is 489 g/mol. The smallest absolute Gasteiger partial charge is 0.113 e. The van der Waals surface area contributed by atoms with Gasteiger partial charge in [-0.05, 0) is 91.6 Å². The van der Waals surface area contributed by atoms with Gasteiger partial charge < -0.3 is 10.3 Å². The van der Waals surface area contributed by atoms with E-state index >= 15 is 0 Å². The Balaban J connectivity index is 1.49. The van der Waals surface area contributed by atoms with Crippen LogP contribution >= 0.6 is 23.2 Å². The van der Waals surface area contributed by atoms with E-state index in [4.69, 9.17) is 33.9 Å². The summed E-state index contributed by atoms with van der Waals surface area (Å²) in [6.45, 7) is 0. The molecular weight excluding hydrogens is 461 g/mol. The van der Waals surface area contributed by atoms with Crippen molar-refractivity contribution >= 4 is 34.2 Å². The van der Waals surface area contributed by atoms with Crippen LogP contribution in [0.15, 0.2) is 66.7 Å². The first-order valence-corrected chi connectivity index (χ1v) is 13.1. The van der Waals surface area contributed by atoms with E-state index in [1.54, 1.807) is 0 Å². The number of halogens is 2. The van der Waals surface area contributed by atoms with Gasteiger partial charge in [-0.3, -0.25) is 0 Å². The highest BCUT2D eigenvalue weighted by Crippen LogP contribution is 2.44. The molecular formula is C29H29Cl2N3. The van der Waals surface area contributed by atoms with Crippen LogP contribution in [0.25, 0.3) is 11.0 Å². The minimum atomic E-state index is 0.0893. The van der Waals surface area contributed by atoms with Crippen molar-refractivity contribution < 1.29 is 0 Å². The van der Waals surface area contributed by atoms with Gasteiger partial charge in [-0.15, -0.1) is 0 Å². The average Bonchev–Trinajstić information content (AvgIpc) is 3.63. The predicted molar refractivity (Wildman–Crippen MR) is 141 cm³/mol. The van der Waals surface area contributed by atoms with Crippen LogP contribution in [0.1, 0.15) is 78.9 Å². The molecule has 0 atom stereocenters. The zero-order valence-corrected chi connectivity index (χ0v) is 20.6. The number of aromatic nitrogens is 2. The van der Waals surface area contributed by atoms with Crippen molar-refractivity contribution in [3.8, 4) is 0 Å². The summed E-state index contributed by atoms with van der Waals surface area (Å²) < 4.78 is 2.57. The maximum atomic E-state index is 6.24. The Hall–Kier alpha value is -2.33. The minimum Gasteiger partial charge on any atom is -0.328 e. The first-order valence-electron chi connectivity index (χ1n) is 12.3. The molecule has 174 valence electrons. The molecule has 2 saturated carbocycles. The molecule has 0 bridgehead atoms. The first kappa shape index (κ1) is 22.2. The van der Waals surface area contributed by atoms with Gasteiger partial charge in [-0.2, -0.15) is 0 Å². The lowest BCUT2D eigenvalue weighted by atomic mass is 9.85. The van der Waals surface area contributed by atoms with E-state index in [1.807, 2.05) is 24.3 Å². The van der Waals surface area contributed by atoms with Gasteiger partial charge in [0.25, 0.3) is 0 Å². The van der Waals surface area contributed by atoms with Crippen LogP contribution in [-0.2, 0) is 0 Å². The summed E-state index contributed by atoms with van der Waals surface area (Å²) in [6, 6.07) is 24.0. The average molecular weight is 490 g/mol. The molecule has 2 fully saturated rings. The number of imidazole rings is 1. The van der Waals surface area contributed by atoms with Crippen molar-refractivity contribution in [2.24, 2.45) is 5.73 Å². The molecule has 0 radical (unpaired) electrons. The molecule has 3 nitrogen and oxygen atoms in total. The summed E-state index contributed by atoms with van der Waals surface area (Å²) in [5, 5.41) is 1.49. The minimum absolute atomic E-state index is 0.0893. The van der Waals surface area contributed by atoms with Crippen molar-refractivity contribution in [1.29, 1.82) is 0 Å². The third kappa shape index (κ3) is 4.26. The maximum absolute atomic E-state index is 6.24. The van der Waals surface area contributed by atoms with Crippen LogP contribution in [0.4, 0.5) is 0 Å². The van der Waals surface area contributed by atoms with Gasteiger partial charge in [0.2, 0.25) is 0 Å². The zero-order chi connectivity index (χ0) is 23.2. The highest BCUT2D eigenvalue weighted by molar-refractivity contribution is 6.30. The normalized spacial score (nSPS) is 20.8. The Kier molecular flexibility index (Phi) is 5.89. The fourth-order valence-electron chi connectivity index (χ4n) is 5.57. The summed E-state index contributed by atoms with van der Waals surface area (Å²) in [5.41, 5.74) is 12.3. The molecule has 1 aromatic heterocycles. The van der Waals surface area contributed by atoms with Gasteiger partial charge in [0.05, 0.1) is 11.0 Å². The molecule has 2 N–H and O–H groups in total. The second-order valence-corrected chi connectivity index (χ2v) is 10.8. The molecule has 0 spiro atoms. The molecule has 0 amide bonds. The Morgan fingerprint density at radius 1 is 0.735 bits per heavy atom. The lowest BCUT2D eigenvalue weighted by molar-refractivity contribution is 0.323. The molecule has 2 aliphatic carbocycles. The Morgan fingerprint density at radius 2 is 1.29 bits per heavy atom. The largest absolute Gasteiger partial charge is 0.328 e. The number of rotatable bonds is 5. The molecule has 6 rings (SSSR count). The van der Waals surface area contributed by atoms with E-state index in [-0.39, 0.29) is 5.92 Å². The summed E-state index contributed by atoms with van der Waals surface area (Å²) in [7, 11) is 0. The molecule has 34 heavy (non-hydrogen) atoms. The van der Waals surface area contributed by atoms with E-state index in [0.29, 0.717) is 18.0 Å².